The number of carbonyl (C=O) groups excluding carboxylic acids is 1. The van der Waals surface area contributed by atoms with E-state index in [1.807, 2.05) is 20.8 Å². The Morgan fingerprint density at radius 2 is 1.75 bits per heavy atom. The molecular formula is C14H24O2. The van der Waals surface area contributed by atoms with Crippen molar-refractivity contribution in [2.75, 3.05) is 0 Å². The van der Waals surface area contributed by atoms with Crippen LogP contribution in [-0.4, -0.2) is 11.6 Å². The lowest BCUT2D eigenvalue weighted by atomic mass is 9.80. The Bertz CT molecular complexity index is 272. The molecule has 2 unspecified atom stereocenters. The number of hydrogen-bond acceptors (Lipinski definition) is 2. The first-order chi connectivity index (χ1) is 7.26. The summed E-state index contributed by atoms with van der Waals surface area (Å²) in [6, 6.07) is 0. The van der Waals surface area contributed by atoms with Crippen LogP contribution >= 0.6 is 0 Å². The Labute approximate surface area is 99.1 Å². The normalized spacial score (nSPS) is 26.4. The van der Waals surface area contributed by atoms with Crippen LogP contribution in [0.1, 0.15) is 53.9 Å². The van der Waals surface area contributed by atoms with E-state index in [2.05, 4.69) is 13.8 Å². The Balaban J connectivity index is 2.59. The first-order valence-corrected chi connectivity index (χ1v) is 6.18. The first kappa shape index (κ1) is 13.3. The Morgan fingerprint density at radius 1 is 1.25 bits per heavy atom. The van der Waals surface area contributed by atoms with Crippen molar-refractivity contribution >= 4 is 5.97 Å². The van der Waals surface area contributed by atoms with Gasteiger partial charge in [-0.3, -0.25) is 0 Å². The molecule has 0 heterocycles. The van der Waals surface area contributed by atoms with E-state index in [9.17, 15) is 4.79 Å². The monoisotopic (exact) mass is 224 g/mol. The highest BCUT2D eigenvalue weighted by atomic mass is 16.6. The third-order valence-corrected chi connectivity index (χ3v) is 2.75. The lowest BCUT2D eigenvalue weighted by Crippen LogP contribution is -2.23. The fourth-order valence-electron chi connectivity index (χ4n) is 2.45. The molecule has 0 aromatic heterocycles. The summed E-state index contributed by atoms with van der Waals surface area (Å²) < 4.78 is 5.30. The van der Waals surface area contributed by atoms with Gasteiger partial charge in [0.05, 0.1) is 0 Å². The molecule has 1 aliphatic carbocycles. The van der Waals surface area contributed by atoms with E-state index in [0.29, 0.717) is 11.8 Å². The molecule has 1 saturated carbocycles. The topological polar surface area (TPSA) is 26.3 Å². The van der Waals surface area contributed by atoms with Crippen LogP contribution in [0.5, 0.6) is 0 Å². The number of hydrogen-bond donors (Lipinski definition) is 0. The van der Waals surface area contributed by atoms with Gasteiger partial charge in [0, 0.05) is 6.08 Å². The Hall–Kier alpha value is -0.790. The summed E-state index contributed by atoms with van der Waals surface area (Å²) in [6.07, 6.45) is 5.07. The molecule has 0 bridgehead atoms. The number of rotatable bonds is 1. The average Bonchev–Trinajstić information content (AvgIpc) is 1.96. The molecule has 0 aromatic rings. The molecule has 0 aliphatic heterocycles. The van der Waals surface area contributed by atoms with Gasteiger partial charge in [0.25, 0.3) is 0 Å². The zero-order valence-corrected chi connectivity index (χ0v) is 11.2. The predicted octanol–water partition coefficient (Wildman–Crippen LogP) is 3.71. The van der Waals surface area contributed by atoms with Gasteiger partial charge in [-0.15, -0.1) is 0 Å². The summed E-state index contributed by atoms with van der Waals surface area (Å²) in [7, 11) is 0. The van der Waals surface area contributed by atoms with Crippen molar-refractivity contribution in [2.24, 2.45) is 11.8 Å². The highest BCUT2D eigenvalue weighted by Crippen LogP contribution is 2.32. The lowest BCUT2D eigenvalue weighted by Gasteiger charge is -2.26. The molecule has 92 valence electrons. The van der Waals surface area contributed by atoms with Crippen LogP contribution in [0, 0.1) is 11.8 Å². The SMILES string of the molecule is CC1CC(=CC(=O)OC(C)(C)C)CC(C)C1. The largest absolute Gasteiger partial charge is 0.457 e. The molecule has 2 heteroatoms. The van der Waals surface area contributed by atoms with E-state index >= 15 is 0 Å². The molecule has 0 aromatic carbocycles. The van der Waals surface area contributed by atoms with E-state index < -0.39 is 0 Å². The highest BCUT2D eigenvalue weighted by molar-refractivity contribution is 5.83. The van der Waals surface area contributed by atoms with Gasteiger partial charge in [-0.1, -0.05) is 19.4 Å². The van der Waals surface area contributed by atoms with E-state index in [-0.39, 0.29) is 11.6 Å². The van der Waals surface area contributed by atoms with Crippen LogP contribution in [0.15, 0.2) is 11.6 Å². The predicted molar refractivity (Wildman–Crippen MR) is 66.1 cm³/mol. The van der Waals surface area contributed by atoms with Gasteiger partial charge in [0.1, 0.15) is 5.60 Å². The molecule has 0 radical (unpaired) electrons. The molecule has 2 nitrogen and oxygen atoms in total. The van der Waals surface area contributed by atoms with Crippen molar-refractivity contribution in [3.05, 3.63) is 11.6 Å². The second kappa shape index (κ2) is 5.03. The van der Waals surface area contributed by atoms with Gasteiger partial charge in [-0.25, -0.2) is 4.79 Å². The van der Waals surface area contributed by atoms with Crippen molar-refractivity contribution in [1.82, 2.24) is 0 Å². The van der Waals surface area contributed by atoms with Crippen molar-refractivity contribution < 1.29 is 9.53 Å². The molecule has 0 amide bonds. The van der Waals surface area contributed by atoms with Crippen LogP contribution < -0.4 is 0 Å². The van der Waals surface area contributed by atoms with Gasteiger partial charge in [-0.2, -0.15) is 0 Å². The summed E-state index contributed by atoms with van der Waals surface area (Å²) in [4.78, 5) is 11.6. The van der Waals surface area contributed by atoms with Crippen LogP contribution in [-0.2, 0) is 9.53 Å². The maximum absolute atomic E-state index is 11.6. The standard InChI is InChI=1S/C14H24O2/c1-10-6-11(2)8-12(7-10)9-13(15)16-14(3,4)5/h9-11H,6-8H2,1-5H3. The van der Waals surface area contributed by atoms with Crippen LogP contribution in [0.3, 0.4) is 0 Å². The third-order valence-electron chi connectivity index (χ3n) is 2.75. The fraction of sp³-hybridized carbons (Fsp3) is 0.786. The minimum atomic E-state index is -0.389. The van der Waals surface area contributed by atoms with Crippen molar-refractivity contribution in [3.63, 3.8) is 0 Å². The van der Waals surface area contributed by atoms with Gasteiger partial charge in [0.2, 0.25) is 0 Å². The van der Waals surface area contributed by atoms with Crippen LogP contribution in [0.25, 0.3) is 0 Å². The minimum absolute atomic E-state index is 0.191. The molecular weight excluding hydrogens is 200 g/mol. The van der Waals surface area contributed by atoms with Gasteiger partial charge in [-0.05, 0) is 51.9 Å². The summed E-state index contributed by atoms with van der Waals surface area (Å²) in [5.74, 6) is 1.19. The van der Waals surface area contributed by atoms with Crippen molar-refractivity contribution in [1.29, 1.82) is 0 Å². The maximum atomic E-state index is 11.6. The molecule has 1 fully saturated rings. The number of carbonyl (C=O) groups is 1. The van der Waals surface area contributed by atoms with Gasteiger partial charge >= 0.3 is 5.97 Å². The quantitative estimate of drug-likeness (QED) is 0.501. The first-order valence-electron chi connectivity index (χ1n) is 6.18. The van der Waals surface area contributed by atoms with E-state index in [0.717, 1.165) is 12.8 Å². The summed E-state index contributed by atoms with van der Waals surface area (Å²) in [5.41, 5.74) is 0.862. The molecule has 2 atom stereocenters. The molecule has 1 rings (SSSR count). The van der Waals surface area contributed by atoms with Crippen molar-refractivity contribution in [2.45, 2.75) is 59.5 Å². The van der Waals surface area contributed by atoms with E-state index in [4.69, 9.17) is 4.74 Å². The van der Waals surface area contributed by atoms with Gasteiger partial charge < -0.3 is 4.74 Å². The molecule has 1 aliphatic rings. The van der Waals surface area contributed by atoms with Crippen molar-refractivity contribution in [3.8, 4) is 0 Å². The number of allylic oxidation sites excluding steroid dienone is 1. The molecule has 0 saturated heterocycles. The summed E-state index contributed by atoms with van der Waals surface area (Å²) in [6.45, 7) is 10.2. The number of ether oxygens (including phenoxy) is 1. The summed E-state index contributed by atoms with van der Waals surface area (Å²) >= 11 is 0. The van der Waals surface area contributed by atoms with Crippen LogP contribution in [0.4, 0.5) is 0 Å². The summed E-state index contributed by atoms with van der Waals surface area (Å²) in [5, 5.41) is 0. The fourth-order valence-corrected chi connectivity index (χ4v) is 2.45. The second-order valence-electron chi connectivity index (χ2n) is 6.19. The zero-order valence-electron chi connectivity index (χ0n) is 11.2. The van der Waals surface area contributed by atoms with E-state index in [1.54, 1.807) is 6.08 Å². The Kier molecular flexibility index (Phi) is 4.17. The van der Waals surface area contributed by atoms with E-state index in [1.165, 1.54) is 12.0 Å². The highest BCUT2D eigenvalue weighted by Gasteiger charge is 2.21. The zero-order chi connectivity index (χ0) is 12.3. The average molecular weight is 224 g/mol. The maximum Gasteiger partial charge on any atom is 0.331 e. The van der Waals surface area contributed by atoms with Crippen LogP contribution in [0.2, 0.25) is 0 Å². The number of esters is 1. The second-order valence-corrected chi connectivity index (χ2v) is 6.19. The molecule has 0 spiro atoms. The van der Waals surface area contributed by atoms with Gasteiger partial charge in [0.15, 0.2) is 0 Å². The molecule has 16 heavy (non-hydrogen) atoms. The third kappa shape index (κ3) is 4.82. The molecule has 0 N–H and O–H groups in total. The lowest BCUT2D eigenvalue weighted by molar-refractivity contribution is -0.148. The smallest absolute Gasteiger partial charge is 0.331 e. The Morgan fingerprint density at radius 3 is 2.19 bits per heavy atom. The minimum Gasteiger partial charge on any atom is -0.457 e.